The molecule has 1 N–H and O–H groups in total. The first-order chi connectivity index (χ1) is 9.84. The lowest BCUT2D eigenvalue weighted by molar-refractivity contribution is 0.198. The Morgan fingerprint density at radius 2 is 1.65 bits per heavy atom. The van der Waals surface area contributed by atoms with Crippen molar-refractivity contribution in [1.82, 2.24) is 4.73 Å². The van der Waals surface area contributed by atoms with Crippen molar-refractivity contribution in [3.63, 3.8) is 0 Å². The monoisotopic (exact) mass is 263 g/mol. The van der Waals surface area contributed by atoms with E-state index in [2.05, 4.69) is 10.2 Å². The molecule has 0 aliphatic heterocycles. The van der Waals surface area contributed by atoms with Crippen LogP contribution < -0.4 is 5.36 Å². The number of hydrogen-bond donors (Lipinski definition) is 1. The van der Waals surface area contributed by atoms with Crippen LogP contribution in [-0.4, -0.2) is 16.2 Å². The van der Waals surface area contributed by atoms with Crippen molar-refractivity contribution in [3.05, 3.63) is 77.8 Å². The maximum Gasteiger partial charge on any atom is 0.0967 e. The van der Waals surface area contributed by atoms with E-state index in [0.717, 1.165) is 21.0 Å². The topological polar surface area (TPSA) is 49.9 Å². The summed E-state index contributed by atoms with van der Waals surface area (Å²) in [5, 5.41) is 19.6. The first-order valence-electron chi connectivity index (χ1n) is 6.26. The molecule has 3 aromatic rings. The summed E-state index contributed by atoms with van der Waals surface area (Å²) >= 11 is 0. The number of hydrogen-bond acceptors (Lipinski definition) is 3. The Hall–Kier alpha value is -2.88. The Balaban J connectivity index is 2.05. The van der Waals surface area contributed by atoms with Crippen molar-refractivity contribution in [2.45, 2.75) is 0 Å². The Kier molecular flexibility index (Phi) is 3.29. The maximum absolute atomic E-state index is 9.74. The predicted octanol–water partition coefficient (Wildman–Crippen LogP) is 2.81. The summed E-state index contributed by atoms with van der Waals surface area (Å²) in [5.74, 6) is 0. The first-order valence-corrected chi connectivity index (χ1v) is 6.26. The van der Waals surface area contributed by atoms with Crippen molar-refractivity contribution in [3.8, 4) is 0 Å². The molecule has 2 aromatic carbocycles. The van der Waals surface area contributed by atoms with Crippen molar-refractivity contribution >= 4 is 17.1 Å². The molecule has 0 unspecified atom stereocenters. The van der Waals surface area contributed by atoms with E-state index in [0.29, 0.717) is 5.52 Å². The highest BCUT2D eigenvalue weighted by molar-refractivity contribution is 5.80. The highest BCUT2D eigenvalue weighted by Crippen LogP contribution is 2.07. The van der Waals surface area contributed by atoms with Crippen LogP contribution in [-0.2, 0) is 0 Å². The molecule has 4 heteroatoms. The third-order valence-corrected chi connectivity index (χ3v) is 2.97. The molecule has 0 bridgehead atoms. The molecule has 4 nitrogen and oxygen atoms in total. The molecule has 1 heterocycles. The van der Waals surface area contributed by atoms with Gasteiger partial charge in [-0.1, -0.05) is 48.5 Å². The lowest BCUT2D eigenvalue weighted by atomic mass is 10.2. The fourth-order valence-electron chi connectivity index (χ4n) is 1.99. The molecule has 3 rings (SSSR count). The molecule has 0 fully saturated rings. The zero-order valence-electron chi connectivity index (χ0n) is 10.7. The number of benzene rings is 2. The van der Waals surface area contributed by atoms with Gasteiger partial charge in [-0.05, 0) is 17.7 Å². The number of rotatable bonds is 2. The number of aromatic nitrogens is 1. The van der Waals surface area contributed by atoms with Crippen molar-refractivity contribution in [2.24, 2.45) is 10.2 Å². The van der Waals surface area contributed by atoms with Crippen LogP contribution in [0.5, 0.6) is 0 Å². The summed E-state index contributed by atoms with van der Waals surface area (Å²) in [6.45, 7) is 0. The average Bonchev–Trinajstić information content (AvgIpc) is 2.51. The first kappa shape index (κ1) is 12.2. The standard InChI is InChI=1S/C16H13N3O/c20-19-11-10-15(14-8-4-5-9-16(14)19)18-17-12-13-6-2-1-3-7-13/h1-12,20H/b17-12+,18-15+. The van der Waals surface area contributed by atoms with Crippen LogP contribution in [0.15, 0.2) is 77.1 Å². The highest BCUT2D eigenvalue weighted by Gasteiger charge is 1.98. The quantitative estimate of drug-likeness (QED) is 0.431. The molecule has 0 aliphatic carbocycles. The molecule has 0 amide bonds. The summed E-state index contributed by atoms with van der Waals surface area (Å²) in [6, 6.07) is 19.0. The van der Waals surface area contributed by atoms with Gasteiger partial charge in [0.25, 0.3) is 0 Å². The van der Waals surface area contributed by atoms with Gasteiger partial charge in [0.15, 0.2) is 0 Å². The molecule has 0 spiro atoms. The second-order valence-electron chi connectivity index (χ2n) is 4.32. The molecule has 0 aliphatic rings. The van der Waals surface area contributed by atoms with Crippen molar-refractivity contribution in [2.75, 3.05) is 0 Å². The number of para-hydroxylation sites is 1. The smallest absolute Gasteiger partial charge is 0.0967 e. The SMILES string of the molecule is On1cc/c(=N\N=C\c2ccccc2)c2ccccc21. The van der Waals surface area contributed by atoms with Crippen LogP contribution in [0.2, 0.25) is 0 Å². The van der Waals surface area contributed by atoms with E-state index in [1.807, 2.05) is 54.6 Å². The third-order valence-electron chi connectivity index (χ3n) is 2.97. The van der Waals surface area contributed by atoms with Gasteiger partial charge in [0.2, 0.25) is 0 Å². The number of pyridine rings is 1. The van der Waals surface area contributed by atoms with Crippen LogP contribution in [0.1, 0.15) is 5.56 Å². The van der Waals surface area contributed by atoms with Crippen LogP contribution >= 0.6 is 0 Å². The minimum Gasteiger partial charge on any atom is -0.428 e. The second-order valence-corrected chi connectivity index (χ2v) is 4.32. The van der Waals surface area contributed by atoms with Crippen molar-refractivity contribution < 1.29 is 5.21 Å². The van der Waals surface area contributed by atoms with Crippen LogP contribution in [0.3, 0.4) is 0 Å². The summed E-state index contributed by atoms with van der Waals surface area (Å²) in [4.78, 5) is 0. The number of fused-ring (bicyclic) bond motifs is 1. The summed E-state index contributed by atoms with van der Waals surface area (Å²) < 4.78 is 1.08. The Morgan fingerprint density at radius 1 is 0.900 bits per heavy atom. The van der Waals surface area contributed by atoms with E-state index in [-0.39, 0.29) is 0 Å². The minimum absolute atomic E-state index is 0.698. The van der Waals surface area contributed by atoms with Crippen LogP contribution in [0, 0.1) is 0 Å². The zero-order chi connectivity index (χ0) is 13.8. The van der Waals surface area contributed by atoms with Gasteiger partial charge in [0, 0.05) is 11.6 Å². The molecule has 0 saturated carbocycles. The molecule has 0 saturated heterocycles. The van der Waals surface area contributed by atoms with Gasteiger partial charge in [0.1, 0.15) is 0 Å². The number of nitrogens with zero attached hydrogens (tertiary/aromatic N) is 3. The molecular formula is C16H13N3O. The molecule has 1 aromatic heterocycles. The lowest BCUT2D eigenvalue weighted by Gasteiger charge is -2.02. The van der Waals surface area contributed by atoms with E-state index >= 15 is 0 Å². The third kappa shape index (κ3) is 2.44. The van der Waals surface area contributed by atoms with Gasteiger partial charge in [-0.3, -0.25) is 0 Å². The largest absolute Gasteiger partial charge is 0.428 e. The van der Waals surface area contributed by atoms with Gasteiger partial charge < -0.3 is 5.21 Å². The van der Waals surface area contributed by atoms with E-state index in [1.165, 1.54) is 0 Å². The molecule has 0 atom stereocenters. The van der Waals surface area contributed by atoms with E-state index in [1.54, 1.807) is 18.5 Å². The fourth-order valence-corrected chi connectivity index (χ4v) is 1.99. The normalized spacial score (nSPS) is 12.3. The van der Waals surface area contributed by atoms with Gasteiger partial charge in [0.05, 0.1) is 17.1 Å². The Labute approximate surface area is 115 Å². The minimum atomic E-state index is 0.698. The Bertz CT molecular complexity index is 820. The molecule has 98 valence electrons. The van der Waals surface area contributed by atoms with Gasteiger partial charge in [-0.25, -0.2) is 0 Å². The highest BCUT2D eigenvalue weighted by atomic mass is 16.5. The molecule has 0 radical (unpaired) electrons. The van der Waals surface area contributed by atoms with E-state index < -0.39 is 0 Å². The van der Waals surface area contributed by atoms with Gasteiger partial charge in [-0.15, -0.1) is 0 Å². The summed E-state index contributed by atoms with van der Waals surface area (Å²) in [5.41, 5.74) is 1.69. The molecule has 20 heavy (non-hydrogen) atoms. The van der Waals surface area contributed by atoms with Crippen LogP contribution in [0.4, 0.5) is 0 Å². The summed E-state index contributed by atoms with van der Waals surface area (Å²) in [7, 11) is 0. The average molecular weight is 263 g/mol. The summed E-state index contributed by atoms with van der Waals surface area (Å²) in [6.07, 6.45) is 3.26. The second kappa shape index (κ2) is 5.40. The predicted molar refractivity (Wildman–Crippen MR) is 78.7 cm³/mol. The van der Waals surface area contributed by atoms with Crippen molar-refractivity contribution in [1.29, 1.82) is 0 Å². The van der Waals surface area contributed by atoms with E-state index in [9.17, 15) is 5.21 Å². The fraction of sp³-hybridized carbons (Fsp3) is 0. The lowest BCUT2D eigenvalue weighted by Crippen LogP contribution is -2.07. The van der Waals surface area contributed by atoms with Gasteiger partial charge in [-0.2, -0.15) is 14.9 Å². The van der Waals surface area contributed by atoms with E-state index in [4.69, 9.17) is 0 Å². The zero-order valence-corrected chi connectivity index (χ0v) is 10.7. The Morgan fingerprint density at radius 3 is 2.50 bits per heavy atom. The van der Waals surface area contributed by atoms with Crippen LogP contribution in [0.25, 0.3) is 10.9 Å². The maximum atomic E-state index is 9.74. The van der Waals surface area contributed by atoms with Gasteiger partial charge >= 0.3 is 0 Å². The molecular weight excluding hydrogens is 250 g/mol.